The summed E-state index contributed by atoms with van der Waals surface area (Å²) in [6.45, 7) is 5.70. The second-order valence-corrected chi connectivity index (χ2v) is 17.6. The summed E-state index contributed by atoms with van der Waals surface area (Å²) in [5.41, 5.74) is 6.39. The number of aryl methyl sites for hydroxylation is 1. The third-order valence-corrected chi connectivity index (χ3v) is 12.8. The van der Waals surface area contributed by atoms with E-state index in [0.29, 0.717) is 86.3 Å². The lowest BCUT2D eigenvalue weighted by Crippen LogP contribution is -2.46. The molecule has 3 heterocycles. The normalized spacial score (nSPS) is 17.0. The molecule has 4 amide bonds. The average molecular weight is 932 g/mol. The first-order valence-corrected chi connectivity index (χ1v) is 24.0. The van der Waals surface area contributed by atoms with Crippen LogP contribution in [0.25, 0.3) is 11.3 Å². The van der Waals surface area contributed by atoms with Gasteiger partial charge in [-0.05, 0) is 118 Å². The highest BCUT2D eigenvalue weighted by Crippen LogP contribution is 2.34. The number of carbonyl (C=O) groups is 5. The number of anilines is 2. The van der Waals surface area contributed by atoms with Gasteiger partial charge in [-0.2, -0.15) is 0 Å². The van der Waals surface area contributed by atoms with Gasteiger partial charge in [0.05, 0.1) is 69.5 Å². The quantitative estimate of drug-likeness (QED) is 0.0638. The molecule has 0 spiro atoms. The van der Waals surface area contributed by atoms with Gasteiger partial charge in [-0.15, -0.1) is 0 Å². The van der Waals surface area contributed by atoms with Gasteiger partial charge in [-0.25, -0.2) is 0 Å². The van der Waals surface area contributed by atoms with Gasteiger partial charge in [0, 0.05) is 73.9 Å². The Bertz CT molecular complexity index is 2360. The van der Waals surface area contributed by atoms with Gasteiger partial charge in [0.15, 0.2) is 0 Å². The van der Waals surface area contributed by atoms with Crippen LogP contribution < -0.4 is 20.9 Å². The number of rotatable bonds is 23. The Hall–Kier alpha value is -6.20. The van der Waals surface area contributed by atoms with Crippen molar-refractivity contribution in [2.75, 3.05) is 96.2 Å². The number of hydrogen-bond acceptors (Lipinski definition) is 11. The smallest absolute Gasteiger partial charge is 0.305 e. The van der Waals surface area contributed by atoms with Crippen LogP contribution in [-0.4, -0.2) is 141 Å². The maximum absolute atomic E-state index is 14.0. The number of piperidine rings is 1. The fourth-order valence-electron chi connectivity index (χ4n) is 9.11. The third kappa shape index (κ3) is 13.9. The molecule has 0 radical (unpaired) electrons. The van der Waals surface area contributed by atoms with Crippen molar-refractivity contribution in [3.8, 4) is 11.3 Å². The molecule has 3 aromatic carbocycles. The molecule has 4 N–H and O–H groups in total. The van der Waals surface area contributed by atoms with Crippen molar-refractivity contribution in [3.63, 3.8) is 0 Å². The maximum Gasteiger partial charge on any atom is 0.305 e. The number of carboxylic acid groups (broad SMARTS) is 1. The predicted octanol–water partition coefficient (Wildman–Crippen LogP) is 5.98. The molecule has 4 aromatic rings. The number of carboxylic acids is 1. The number of hydrogen-bond donors (Lipinski definition) is 4. The SMILES string of the molecule is CN(CCN1CCC[C@H]1C(=O)NCCOCCOCCOCCC(=O)O)C(=O)c1cccc(C(=O)Nc2ccc(N3CCCCC3)cc2-c2cc(C(=O)NC3CCCc4ccccc43)ccn2)c1. The number of likely N-dealkylation sites (tertiary alicyclic amines) is 1. The second-order valence-electron chi connectivity index (χ2n) is 17.6. The van der Waals surface area contributed by atoms with E-state index in [2.05, 4.69) is 37.9 Å². The number of carbonyl (C=O) groups excluding carboxylic acids is 4. The summed E-state index contributed by atoms with van der Waals surface area (Å²) in [6, 6.07) is 24.0. The van der Waals surface area contributed by atoms with Crippen LogP contribution in [0, 0.1) is 0 Å². The molecule has 2 fully saturated rings. The number of ether oxygens (including phenoxy) is 3. The second kappa shape index (κ2) is 25.2. The fourth-order valence-corrected chi connectivity index (χ4v) is 9.11. The fraction of sp³-hybridized carbons (Fsp3) is 0.462. The molecule has 2 atom stereocenters. The highest BCUT2D eigenvalue weighted by molar-refractivity contribution is 6.08. The summed E-state index contributed by atoms with van der Waals surface area (Å²) in [5.74, 6) is -1.79. The van der Waals surface area contributed by atoms with E-state index in [4.69, 9.17) is 24.3 Å². The Balaban J connectivity index is 0.928. The van der Waals surface area contributed by atoms with Crippen molar-refractivity contribution < 1.29 is 43.3 Å². The zero-order valence-electron chi connectivity index (χ0n) is 39.1. The summed E-state index contributed by atoms with van der Waals surface area (Å²) >= 11 is 0. The van der Waals surface area contributed by atoms with E-state index in [1.54, 1.807) is 54.5 Å². The molecule has 16 nitrogen and oxygen atoms in total. The Morgan fingerprint density at radius 2 is 1.50 bits per heavy atom. The summed E-state index contributed by atoms with van der Waals surface area (Å²) in [6.07, 6.45) is 9.45. The summed E-state index contributed by atoms with van der Waals surface area (Å²) in [7, 11) is 1.72. The number of likely N-dealkylation sites (N-methyl/N-ethyl adjacent to an activating group) is 1. The highest BCUT2D eigenvalue weighted by atomic mass is 16.5. The lowest BCUT2D eigenvalue weighted by atomic mass is 9.87. The minimum atomic E-state index is -0.903. The standard InChI is InChI=1S/C52H65N7O9/c1-57(26-27-59-25-9-16-47(59)51(64)54-22-29-67-31-33-68-32-30-66-28-20-48(60)61)52(65)40-13-7-12-38(34-40)49(62)56-45-18-17-41(58-23-5-2-6-24-58)36-43(45)46-35-39(19-21-53-46)50(63)55-44-15-8-11-37-10-3-4-14-42(37)44/h3-4,7,10,12-14,17-19,21,34-36,44,47H,2,5-6,8-9,11,15-16,20,22-33H2,1H3,(H,54,64)(H,55,63)(H,56,62)(H,60,61)/t44?,47-/m0/s1. The van der Waals surface area contributed by atoms with Gasteiger partial charge in [0.25, 0.3) is 17.7 Å². The molecule has 1 aliphatic carbocycles. The molecular formula is C52H65N7O9. The first-order valence-electron chi connectivity index (χ1n) is 24.0. The maximum atomic E-state index is 14.0. The van der Waals surface area contributed by atoms with E-state index in [1.165, 1.54) is 12.0 Å². The Morgan fingerprint density at radius 1 is 0.750 bits per heavy atom. The molecule has 0 bridgehead atoms. The Labute approximate surface area is 398 Å². The van der Waals surface area contributed by atoms with Crippen molar-refractivity contribution in [2.24, 2.45) is 0 Å². The van der Waals surface area contributed by atoms with Crippen LogP contribution >= 0.6 is 0 Å². The monoisotopic (exact) mass is 931 g/mol. The lowest BCUT2D eigenvalue weighted by molar-refractivity contribution is -0.138. The zero-order valence-corrected chi connectivity index (χ0v) is 39.1. The molecule has 0 saturated carbocycles. The van der Waals surface area contributed by atoms with E-state index in [9.17, 15) is 24.0 Å². The molecule has 1 unspecified atom stereocenters. The van der Waals surface area contributed by atoms with Crippen LogP contribution in [0.4, 0.5) is 11.4 Å². The minimum Gasteiger partial charge on any atom is -0.481 e. The Morgan fingerprint density at radius 3 is 2.31 bits per heavy atom. The van der Waals surface area contributed by atoms with Crippen LogP contribution in [0.15, 0.2) is 85.1 Å². The first kappa shape index (κ1) is 49.7. The van der Waals surface area contributed by atoms with Gasteiger partial charge >= 0.3 is 5.97 Å². The van der Waals surface area contributed by atoms with Gasteiger partial charge in [-0.3, -0.25) is 33.9 Å². The number of nitrogens with one attached hydrogen (secondary N) is 3. The number of fused-ring (bicyclic) bond motifs is 1. The molecule has 7 rings (SSSR count). The number of aliphatic carboxylic acids is 1. The van der Waals surface area contributed by atoms with Crippen LogP contribution in [0.1, 0.15) is 99.6 Å². The lowest BCUT2D eigenvalue weighted by Gasteiger charge is -2.29. The van der Waals surface area contributed by atoms with Gasteiger partial charge in [-0.1, -0.05) is 30.3 Å². The first-order chi connectivity index (χ1) is 33.1. The van der Waals surface area contributed by atoms with Gasteiger partial charge in [0.2, 0.25) is 5.91 Å². The number of benzene rings is 3. The molecular weight excluding hydrogens is 867 g/mol. The van der Waals surface area contributed by atoms with Crippen molar-refractivity contribution in [2.45, 2.75) is 69.9 Å². The van der Waals surface area contributed by atoms with E-state index in [-0.39, 0.29) is 48.7 Å². The van der Waals surface area contributed by atoms with Gasteiger partial charge in [0.1, 0.15) is 0 Å². The topological polar surface area (TPSA) is 192 Å². The van der Waals surface area contributed by atoms with Crippen molar-refractivity contribution >= 4 is 41.0 Å². The number of nitrogens with zero attached hydrogens (tertiary/aromatic N) is 4. The Kier molecular flexibility index (Phi) is 18.5. The number of pyridine rings is 1. The molecule has 362 valence electrons. The number of amides is 4. The predicted molar refractivity (Wildman–Crippen MR) is 259 cm³/mol. The van der Waals surface area contributed by atoms with Crippen LogP contribution in [0.3, 0.4) is 0 Å². The molecule has 2 aliphatic heterocycles. The van der Waals surface area contributed by atoms with Crippen molar-refractivity contribution in [3.05, 3.63) is 113 Å². The zero-order chi connectivity index (χ0) is 47.7. The largest absolute Gasteiger partial charge is 0.481 e. The summed E-state index contributed by atoms with van der Waals surface area (Å²) < 4.78 is 16.2. The van der Waals surface area contributed by atoms with E-state index in [0.717, 1.165) is 75.8 Å². The minimum absolute atomic E-state index is 0.0426. The average Bonchev–Trinajstić information content (AvgIpc) is 3.85. The molecule has 1 aromatic heterocycles. The number of aromatic nitrogens is 1. The van der Waals surface area contributed by atoms with E-state index < -0.39 is 5.97 Å². The van der Waals surface area contributed by atoms with Crippen molar-refractivity contribution in [1.29, 1.82) is 0 Å². The van der Waals surface area contributed by atoms with Crippen LogP contribution in [0.5, 0.6) is 0 Å². The van der Waals surface area contributed by atoms with E-state index >= 15 is 0 Å². The molecule has 68 heavy (non-hydrogen) atoms. The molecule has 2 saturated heterocycles. The van der Waals surface area contributed by atoms with Crippen molar-refractivity contribution in [1.82, 2.24) is 25.4 Å². The van der Waals surface area contributed by atoms with E-state index in [1.807, 2.05) is 30.3 Å². The molecule has 3 aliphatic rings. The molecule has 16 heteroatoms. The summed E-state index contributed by atoms with van der Waals surface area (Å²) in [4.78, 5) is 75.9. The highest BCUT2D eigenvalue weighted by Gasteiger charge is 2.31. The summed E-state index contributed by atoms with van der Waals surface area (Å²) in [5, 5.41) is 17.9. The van der Waals surface area contributed by atoms with Gasteiger partial charge < -0.3 is 45.1 Å². The van der Waals surface area contributed by atoms with Crippen LogP contribution in [0.2, 0.25) is 0 Å². The third-order valence-electron chi connectivity index (χ3n) is 12.8. The van der Waals surface area contributed by atoms with Crippen LogP contribution in [-0.2, 0) is 30.2 Å².